The van der Waals surface area contributed by atoms with Crippen LogP contribution < -0.4 is 10.6 Å². The topological polar surface area (TPSA) is 24.1 Å². The summed E-state index contributed by atoms with van der Waals surface area (Å²) in [5, 5.41) is 7.33. The van der Waals surface area contributed by atoms with Gasteiger partial charge in [0.25, 0.3) is 0 Å². The number of hydrogen-bond acceptors (Lipinski definition) is 3. The summed E-state index contributed by atoms with van der Waals surface area (Å²) in [6.07, 6.45) is 12.3. The van der Waals surface area contributed by atoms with Crippen molar-refractivity contribution in [2.24, 2.45) is 5.92 Å². The van der Waals surface area contributed by atoms with Gasteiger partial charge in [0.2, 0.25) is 0 Å². The molecule has 16 heavy (non-hydrogen) atoms. The average Bonchev–Trinajstić information content (AvgIpc) is 2.60. The molecule has 2 N–H and O–H groups in total. The fraction of sp³-hybridized carbons (Fsp3) is 1.00. The fourth-order valence-electron chi connectivity index (χ4n) is 3.27. The molecule has 0 amide bonds. The van der Waals surface area contributed by atoms with Crippen molar-refractivity contribution in [2.75, 3.05) is 18.7 Å². The lowest BCUT2D eigenvalue weighted by atomic mass is 9.87. The van der Waals surface area contributed by atoms with Crippen molar-refractivity contribution in [1.29, 1.82) is 0 Å². The predicted molar refractivity (Wildman–Crippen MR) is 72.9 cm³/mol. The molecule has 0 aromatic carbocycles. The Morgan fingerprint density at radius 1 is 1.06 bits per heavy atom. The van der Waals surface area contributed by atoms with E-state index in [2.05, 4.69) is 16.9 Å². The Labute approximate surface area is 104 Å². The monoisotopic (exact) mass is 242 g/mol. The second kappa shape index (κ2) is 6.87. The van der Waals surface area contributed by atoms with Crippen LogP contribution in [0.15, 0.2) is 0 Å². The summed E-state index contributed by atoms with van der Waals surface area (Å²) in [5.41, 5.74) is 0. The maximum absolute atomic E-state index is 3.69. The van der Waals surface area contributed by atoms with Crippen molar-refractivity contribution in [3.8, 4) is 0 Å². The molecule has 94 valence electrons. The standard InChI is InChI=1S/C13H26N2S/c1-16-9-8-12-13(15-10-14-12)11-6-4-2-3-5-7-11/h11-15H,2-10H2,1H3. The zero-order valence-electron chi connectivity index (χ0n) is 10.5. The molecule has 1 saturated carbocycles. The molecular weight excluding hydrogens is 216 g/mol. The fourth-order valence-corrected chi connectivity index (χ4v) is 3.76. The zero-order valence-corrected chi connectivity index (χ0v) is 11.3. The van der Waals surface area contributed by atoms with Gasteiger partial charge < -0.3 is 5.32 Å². The molecule has 1 heterocycles. The van der Waals surface area contributed by atoms with Crippen LogP contribution in [0.4, 0.5) is 0 Å². The Kier molecular flexibility index (Phi) is 5.46. The van der Waals surface area contributed by atoms with E-state index in [0.717, 1.165) is 24.7 Å². The highest BCUT2D eigenvalue weighted by atomic mass is 32.2. The van der Waals surface area contributed by atoms with Gasteiger partial charge in [-0.05, 0) is 37.2 Å². The SMILES string of the molecule is CSCCC1NCNC1C1CCCCCC1. The van der Waals surface area contributed by atoms with Gasteiger partial charge in [0.15, 0.2) is 0 Å². The Morgan fingerprint density at radius 3 is 2.50 bits per heavy atom. The molecule has 1 aliphatic heterocycles. The lowest BCUT2D eigenvalue weighted by Crippen LogP contribution is -2.40. The van der Waals surface area contributed by atoms with Gasteiger partial charge in [-0.15, -0.1) is 0 Å². The molecule has 2 nitrogen and oxygen atoms in total. The third-order valence-electron chi connectivity index (χ3n) is 4.18. The Morgan fingerprint density at radius 2 is 1.81 bits per heavy atom. The third kappa shape index (κ3) is 3.38. The number of hydrogen-bond donors (Lipinski definition) is 2. The van der Waals surface area contributed by atoms with Gasteiger partial charge in [-0.1, -0.05) is 25.7 Å². The average molecular weight is 242 g/mol. The van der Waals surface area contributed by atoms with Crippen LogP contribution in [-0.2, 0) is 0 Å². The van der Waals surface area contributed by atoms with E-state index in [1.54, 1.807) is 0 Å². The predicted octanol–water partition coefficient (Wildman–Crippen LogP) is 2.60. The van der Waals surface area contributed by atoms with Crippen LogP contribution >= 0.6 is 11.8 Å². The van der Waals surface area contributed by atoms with E-state index in [1.807, 2.05) is 11.8 Å². The van der Waals surface area contributed by atoms with Gasteiger partial charge in [-0.25, -0.2) is 0 Å². The van der Waals surface area contributed by atoms with Crippen LogP contribution in [0.5, 0.6) is 0 Å². The quantitative estimate of drug-likeness (QED) is 0.741. The molecule has 2 fully saturated rings. The second-order valence-electron chi connectivity index (χ2n) is 5.25. The first-order valence-electron chi connectivity index (χ1n) is 6.87. The normalized spacial score (nSPS) is 32.8. The van der Waals surface area contributed by atoms with Crippen LogP contribution in [0.2, 0.25) is 0 Å². The minimum Gasteiger partial charge on any atom is -0.300 e. The molecule has 0 aromatic rings. The van der Waals surface area contributed by atoms with Crippen molar-refractivity contribution in [1.82, 2.24) is 10.6 Å². The first-order valence-corrected chi connectivity index (χ1v) is 8.27. The van der Waals surface area contributed by atoms with Gasteiger partial charge >= 0.3 is 0 Å². The van der Waals surface area contributed by atoms with Crippen LogP contribution in [0.1, 0.15) is 44.9 Å². The second-order valence-corrected chi connectivity index (χ2v) is 6.24. The molecule has 2 unspecified atom stereocenters. The molecule has 0 aromatic heterocycles. The molecule has 2 aliphatic rings. The molecule has 0 radical (unpaired) electrons. The summed E-state index contributed by atoms with van der Waals surface area (Å²) in [6, 6.07) is 1.49. The van der Waals surface area contributed by atoms with E-state index in [9.17, 15) is 0 Å². The van der Waals surface area contributed by atoms with Crippen LogP contribution in [0.25, 0.3) is 0 Å². The molecule has 0 bridgehead atoms. The summed E-state index contributed by atoms with van der Waals surface area (Å²) >= 11 is 1.97. The highest BCUT2D eigenvalue weighted by Crippen LogP contribution is 2.29. The smallest absolute Gasteiger partial charge is 0.0459 e. The van der Waals surface area contributed by atoms with E-state index in [4.69, 9.17) is 0 Å². The lowest BCUT2D eigenvalue weighted by Gasteiger charge is -2.27. The van der Waals surface area contributed by atoms with Crippen LogP contribution in [-0.4, -0.2) is 30.8 Å². The molecule has 2 atom stereocenters. The summed E-state index contributed by atoms with van der Waals surface area (Å²) in [7, 11) is 0. The van der Waals surface area contributed by atoms with Gasteiger partial charge in [0, 0.05) is 18.8 Å². The largest absolute Gasteiger partial charge is 0.300 e. The number of nitrogens with one attached hydrogen (secondary N) is 2. The maximum atomic E-state index is 3.69. The highest BCUT2D eigenvalue weighted by molar-refractivity contribution is 7.98. The van der Waals surface area contributed by atoms with Gasteiger partial charge in [0.1, 0.15) is 0 Å². The van der Waals surface area contributed by atoms with Gasteiger partial charge in [-0.2, -0.15) is 11.8 Å². The summed E-state index contributed by atoms with van der Waals surface area (Å²) in [6.45, 7) is 1.03. The zero-order chi connectivity index (χ0) is 11.2. The summed E-state index contributed by atoms with van der Waals surface area (Å²) in [5.74, 6) is 2.23. The minimum absolute atomic E-state index is 0.732. The van der Waals surface area contributed by atoms with E-state index in [1.165, 1.54) is 50.7 Å². The van der Waals surface area contributed by atoms with E-state index in [-0.39, 0.29) is 0 Å². The van der Waals surface area contributed by atoms with Crippen LogP contribution in [0.3, 0.4) is 0 Å². The third-order valence-corrected chi connectivity index (χ3v) is 4.82. The Bertz CT molecular complexity index is 190. The summed E-state index contributed by atoms with van der Waals surface area (Å²) < 4.78 is 0. The van der Waals surface area contributed by atoms with Crippen molar-refractivity contribution < 1.29 is 0 Å². The number of rotatable bonds is 4. The Balaban J connectivity index is 1.85. The molecular formula is C13H26N2S. The van der Waals surface area contributed by atoms with Gasteiger partial charge in [-0.3, -0.25) is 5.32 Å². The van der Waals surface area contributed by atoms with Crippen molar-refractivity contribution in [3.05, 3.63) is 0 Å². The molecule has 1 aliphatic carbocycles. The molecule has 0 spiro atoms. The van der Waals surface area contributed by atoms with E-state index in [0.29, 0.717) is 0 Å². The van der Waals surface area contributed by atoms with Crippen molar-refractivity contribution >= 4 is 11.8 Å². The molecule has 3 heteroatoms. The van der Waals surface area contributed by atoms with E-state index < -0.39 is 0 Å². The molecule has 2 rings (SSSR count). The maximum Gasteiger partial charge on any atom is 0.0459 e. The summed E-state index contributed by atoms with van der Waals surface area (Å²) in [4.78, 5) is 0. The minimum atomic E-state index is 0.732. The van der Waals surface area contributed by atoms with Gasteiger partial charge in [0.05, 0.1) is 0 Å². The first-order chi connectivity index (χ1) is 7.92. The lowest BCUT2D eigenvalue weighted by molar-refractivity contribution is 0.316. The van der Waals surface area contributed by atoms with Crippen LogP contribution in [0, 0.1) is 5.92 Å². The van der Waals surface area contributed by atoms with Crippen molar-refractivity contribution in [2.45, 2.75) is 57.0 Å². The van der Waals surface area contributed by atoms with Crippen molar-refractivity contribution in [3.63, 3.8) is 0 Å². The Hall–Kier alpha value is 0.270. The number of thioether (sulfide) groups is 1. The highest BCUT2D eigenvalue weighted by Gasteiger charge is 2.32. The van der Waals surface area contributed by atoms with E-state index >= 15 is 0 Å². The first kappa shape index (κ1) is 12.7. The molecule has 1 saturated heterocycles.